The third kappa shape index (κ3) is 5.07. The van der Waals surface area contributed by atoms with Crippen molar-refractivity contribution in [1.29, 1.82) is 0 Å². The van der Waals surface area contributed by atoms with Crippen molar-refractivity contribution in [1.82, 2.24) is 5.32 Å². The molecular formula is C17H23N2O5S+. The first-order valence-electron chi connectivity index (χ1n) is 7.85. The van der Waals surface area contributed by atoms with E-state index in [9.17, 15) is 13.2 Å². The number of ether oxygens (including phenoxy) is 1. The summed E-state index contributed by atoms with van der Waals surface area (Å²) in [5, 5.41) is 2.73. The Bertz CT molecular complexity index is 827. The van der Waals surface area contributed by atoms with Crippen molar-refractivity contribution in [3.8, 4) is 5.75 Å². The van der Waals surface area contributed by atoms with Gasteiger partial charge in [0.05, 0.1) is 34.3 Å². The molecule has 2 rings (SSSR count). The smallest absolute Gasteiger partial charge is 0.287 e. The van der Waals surface area contributed by atoms with Crippen LogP contribution in [0.3, 0.4) is 0 Å². The fraction of sp³-hybridized carbons (Fsp3) is 0.353. The number of furan rings is 1. The van der Waals surface area contributed by atoms with Gasteiger partial charge in [0, 0.05) is 0 Å². The maximum absolute atomic E-state index is 12.6. The standard InChI is InChI=1S/C17H22N2O5S/c1-19(2)11-10-18-17(20)15-9-8-13(24-15)12-25(21,22)16-7-5-4-6-14(16)23-3/h4-9H,10-12H2,1-3H3,(H,18,20)/p+1. The quantitative estimate of drug-likeness (QED) is 0.693. The average molecular weight is 367 g/mol. The van der Waals surface area contributed by atoms with Crippen molar-refractivity contribution in [3.05, 3.63) is 47.9 Å². The van der Waals surface area contributed by atoms with Gasteiger partial charge in [-0.3, -0.25) is 4.79 Å². The third-order valence-electron chi connectivity index (χ3n) is 3.53. The van der Waals surface area contributed by atoms with Crippen LogP contribution >= 0.6 is 0 Å². The number of likely N-dealkylation sites (N-methyl/N-ethyl adjacent to an activating group) is 1. The van der Waals surface area contributed by atoms with Crippen LogP contribution in [0, 0.1) is 0 Å². The molecular weight excluding hydrogens is 344 g/mol. The molecule has 0 aliphatic heterocycles. The molecule has 2 N–H and O–H groups in total. The lowest BCUT2D eigenvalue weighted by molar-refractivity contribution is -0.856. The maximum Gasteiger partial charge on any atom is 0.287 e. The van der Waals surface area contributed by atoms with Gasteiger partial charge < -0.3 is 19.4 Å². The van der Waals surface area contributed by atoms with Crippen molar-refractivity contribution in [2.75, 3.05) is 34.3 Å². The topological polar surface area (TPSA) is 90.0 Å². The molecule has 0 spiro atoms. The summed E-state index contributed by atoms with van der Waals surface area (Å²) in [5.74, 6) is -0.128. The van der Waals surface area contributed by atoms with E-state index >= 15 is 0 Å². The lowest BCUT2D eigenvalue weighted by Gasteiger charge is -2.08. The highest BCUT2D eigenvalue weighted by Gasteiger charge is 2.22. The van der Waals surface area contributed by atoms with Crippen LogP contribution in [0.15, 0.2) is 45.7 Å². The number of nitrogens with one attached hydrogen (secondary N) is 2. The average Bonchev–Trinajstić information content (AvgIpc) is 3.02. The number of benzene rings is 1. The van der Waals surface area contributed by atoms with Gasteiger partial charge in [-0.25, -0.2) is 8.42 Å². The molecule has 8 heteroatoms. The summed E-state index contributed by atoms with van der Waals surface area (Å²) in [6.07, 6.45) is 0. The van der Waals surface area contributed by atoms with Crippen LogP contribution in [0.25, 0.3) is 0 Å². The minimum Gasteiger partial charge on any atom is -0.495 e. The number of carbonyl (C=O) groups is 1. The molecule has 1 amide bonds. The highest BCUT2D eigenvalue weighted by atomic mass is 32.2. The summed E-state index contributed by atoms with van der Waals surface area (Å²) in [6.45, 7) is 1.29. The van der Waals surface area contributed by atoms with Crippen LogP contribution in [0.2, 0.25) is 0 Å². The van der Waals surface area contributed by atoms with E-state index < -0.39 is 9.84 Å². The van der Waals surface area contributed by atoms with E-state index in [1.165, 1.54) is 30.2 Å². The van der Waals surface area contributed by atoms with Crippen molar-refractivity contribution in [2.45, 2.75) is 10.6 Å². The van der Waals surface area contributed by atoms with Gasteiger partial charge in [-0.2, -0.15) is 0 Å². The molecule has 0 aliphatic carbocycles. The molecule has 0 saturated carbocycles. The molecule has 0 fully saturated rings. The summed E-state index contributed by atoms with van der Waals surface area (Å²) in [4.78, 5) is 13.3. The second-order valence-electron chi connectivity index (χ2n) is 5.89. The number of rotatable bonds is 8. The molecule has 1 aromatic heterocycles. The molecule has 0 unspecified atom stereocenters. The monoisotopic (exact) mass is 367 g/mol. The zero-order valence-corrected chi connectivity index (χ0v) is 15.4. The number of para-hydroxylation sites is 1. The van der Waals surface area contributed by atoms with E-state index in [1.54, 1.807) is 18.2 Å². The van der Waals surface area contributed by atoms with Gasteiger partial charge in [-0.05, 0) is 24.3 Å². The van der Waals surface area contributed by atoms with Crippen LogP contribution < -0.4 is 15.0 Å². The number of amides is 1. The Balaban J connectivity index is 2.08. The first kappa shape index (κ1) is 19.0. The zero-order valence-electron chi connectivity index (χ0n) is 14.5. The Hall–Kier alpha value is -2.32. The first-order chi connectivity index (χ1) is 11.8. The molecule has 2 aromatic rings. The van der Waals surface area contributed by atoms with Crippen LogP contribution in [-0.2, 0) is 15.6 Å². The van der Waals surface area contributed by atoms with Crippen LogP contribution in [0.1, 0.15) is 16.3 Å². The van der Waals surface area contributed by atoms with Gasteiger partial charge in [-0.1, -0.05) is 12.1 Å². The molecule has 0 aliphatic rings. The maximum atomic E-state index is 12.6. The predicted molar refractivity (Wildman–Crippen MR) is 92.6 cm³/mol. The molecule has 25 heavy (non-hydrogen) atoms. The van der Waals surface area contributed by atoms with Gasteiger partial charge in [0.2, 0.25) is 0 Å². The van der Waals surface area contributed by atoms with Crippen molar-refractivity contribution in [2.24, 2.45) is 0 Å². The normalized spacial score (nSPS) is 11.5. The van der Waals surface area contributed by atoms with E-state index in [4.69, 9.17) is 9.15 Å². The number of hydrogen-bond acceptors (Lipinski definition) is 5. The van der Waals surface area contributed by atoms with E-state index in [-0.39, 0.29) is 33.8 Å². The third-order valence-corrected chi connectivity index (χ3v) is 5.20. The van der Waals surface area contributed by atoms with Crippen LogP contribution in [-0.4, -0.2) is 48.6 Å². The Morgan fingerprint density at radius 3 is 2.60 bits per heavy atom. The molecule has 0 atom stereocenters. The van der Waals surface area contributed by atoms with E-state index in [0.29, 0.717) is 6.54 Å². The van der Waals surface area contributed by atoms with E-state index in [2.05, 4.69) is 5.32 Å². The number of carbonyl (C=O) groups excluding carboxylic acids is 1. The fourth-order valence-corrected chi connectivity index (χ4v) is 3.66. The highest BCUT2D eigenvalue weighted by molar-refractivity contribution is 7.90. The van der Waals surface area contributed by atoms with Gasteiger partial charge in [0.1, 0.15) is 22.2 Å². The second kappa shape index (κ2) is 8.17. The van der Waals surface area contributed by atoms with Crippen molar-refractivity contribution in [3.63, 3.8) is 0 Å². The number of quaternary nitrogens is 1. The zero-order chi connectivity index (χ0) is 18.4. The fourth-order valence-electron chi connectivity index (χ4n) is 2.23. The largest absolute Gasteiger partial charge is 0.495 e. The van der Waals surface area contributed by atoms with Crippen LogP contribution in [0.4, 0.5) is 0 Å². The van der Waals surface area contributed by atoms with Gasteiger partial charge in [0.25, 0.3) is 5.91 Å². The highest BCUT2D eigenvalue weighted by Crippen LogP contribution is 2.26. The minimum atomic E-state index is -3.65. The first-order valence-corrected chi connectivity index (χ1v) is 9.50. The molecule has 7 nitrogen and oxygen atoms in total. The molecule has 136 valence electrons. The number of hydrogen-bond donors (Lipinski definition) is 2. The second-order valence-corrected chi connectivity index (χ2v) is 7.85. The number of methoxy groups -OCH3 is 1. The summed E-state index contributed by atoms with van der Waals surface area (Å²) >= 11 is 0. The predicted octanol–water partition coefficient (Wildman–Crippen LogP) is 0.136. The number of sulfone groups is 1. The van der Waals surface area contributed by atoms with Crippen molar-refractivity contribution >= 4 is 15.7 Å². The summed E-state index contributed by atoms with van der Waals surface area (Å²) in [5.41, 5.74) is 0. The summed E-state index contributed by atoms with van der Waals surface area (Å²) < 4.78 is 35.6. The lowest BCUT2D eigenvalue weighted by Crippen LogP contribution is -3.06. The molecule has 0 radical (unpaired) electrons. The molecule has 1 aromatic carbocycles. The molecule has 0 saturated heterocycles. The van der Waals surface area contributed by atoms with Gasteiger partial charge in [-0.15, -0.1) is 0 Å². The lowest BCUT2D eigenvalue weighted by atomic mass is 10.3. The van der Waals surface area contributed by atoms with Gasteiger partial charge >= 0.3 is 0 Å². The Labute approximate surface area is 147 Å². The molecule has 1 heterocycles. The van der Waals surface area contributed by atoms with Crippen LogP contribution in [0.5, 0.6) is 5.75 Å². The summed E-state index contributed by atoms with van der Waals surface area (Å²) in [6, 6.07) is 9.37. The van der Waals surface area contributed by atoms with E-state index in [0.717, 1.165) is 6.54 Å². The summed E-state index contributed by atoms with van der Waals surface area (Å²) in [7, 11) is 1.74. The molecule has 0 bridgehead atoms. The van der Waals surface area contributed by atoms with Crippen molar-refractivity contribution < 1.29 is 27.3 Å². The SMILES string of the molecule is COc1ccccc1S(=O)(=O)Cc1ccc(C(=O)NCC[NH+](C)C)o1. The Morgan fingerprint density at radius 1 is 1.20 bits per heavy atom. The Morgan fingerprint density at radius 2 is 1.92 bits per heavy atom. The van der Waals surface area contributed by atoms with E-state index in [1.807, 2.05) is 14.1 Å². The Kier molecular flexibility index (Phi) is 6.22. The minimum absolute atomic E-state index is 0.0915. The van der Waals surface area contributed by atoms with Gasteiger partial charge in [0.15, 0.2) is 15.6 Å².